The van der Waals surface area contributed by atoms with E-state index >= 15 is 0 Å². The normalized spacial score (nSPS) is 22.4. The number of benzene rings is 5. The quantitative estimate of drug-likeness (QED) is 0.120. The first-order chi connectivity index (χ1) is 34.2. The Morgan fingerprint density at radius 3 is 1.99 bits per heavy atom. The van der Waals surface area contributed by atoms with Crippen molar-refractivity contribution in [2.45, 2.75) is 89.1 Å². The van der Waals surface area contributed by atoms with Crippen LogP contribution in [0.3, 0.4) is 0 Å². The molecule has 6 aromatic rings. The van der Waals surface area contributed by atoms with Crippen LogP contribution in [-0.4, -0.2) is 21.6 Å². The second kappa shape index (κ2) is 19.5. The number of aromatic nitrogens is 1. The minimum Gasteiger partial charge on any atom is -0.342 e. The molecule has 342 valence electrons. The molecule has 69 heavy (non-hydrogen) atoms. The summed E-state index contributed by atoms with van der Waals surface area (Å²) < 4.78 is 2.48. The van der Waals surface area contributed by atoms with Crippen LogP contribution in [0.4, 0.5) is 11.4 Å². The Bertz CT molecular complexity index is 3180. The number of para-hydroxylation sites is 1. The smallest absolute Gasteiger partial charge is 0.0561 e. The fourth-order valence-electron chi connectivity index (χ4n) is 12.2. The summed E-state index contributed by atoms with van der Waals surface area (Å²) >= 11 is 0. The first-order valence-electron chi connectivity index (χ1n) is 25.9. The maximum absolute atomic E-state index is 2.77. The zero-order chi connectivity index (χ0) is 45.9. The summed E-state index contributed by atoms with van der Waals surface area (Å²) in [7, 11) is 0. The lowest BCUT2D eigenvalue weighted by Gasteiger charge is -2.41. The summed E-state index contributed by atoms with van der Waals surface area (Å²) in [6.45, 7) is 0. The Labute approximate surface area is 409 Å². The van der Waals surface area contributed by atoms with E-state index in [0.29, 0.717) is 17.9 Å². The lowest BCUT2D eigenvalue weighted by atomic mass is 9.81. The zero-order valence-corrected chi connectivity index (χ0v) is 39.8. The van der Waals surface area contributed by atoms with Gasteiger partial charge in [-0.1, -0.05) is 176 Å². The van der Waals surface area contributed by atoms with Crippen molar-refractivity contribution >= 4 is 44.5 Å². The van der Waals surface area contributed by atoms with Gasteiger partial charge in [-0.15, -0.1) is 0 Å². The maximum Gasteiger partial charge on any atom is 0.0561 e. The molecule has 4 unspecified atom stereocenters. The van der Waals surface area contributed by atoms with Gasteiger partial charge in [-0.2, -0.15) is 0 Å². The number of allylic oxidation sites excluding steroid dienone is 17. The molecule has 4 atom stereocenters. The fourth-order valence-corrected chi connectivity index (χ4v) is 12.2. The minimum absolute atomic E-state index is 0.172. The van der Waals surface area contributed by atoms with Crippen molar-refractivity contribution in [3.8, 4) is 11.1 Å². The van der Waals surface area contributed by atoms with Crippen LogP contribution in [0.2, 0.25) is 0 Å². The molecule has 0 saturated heterocycles. The van der Waals surface area contributed by atoms with Crippen molar-refractivity contribution in [2.24, 2.45) is 11.8 Å². The van der Waals surface area contributed by atoms with Gasteiger partial charge in [0.15, 0.2) is 0 Å². The summed E-state index contributed by atoms with van der Waals surface area (Å²) in [4.78, 5) is 5.35. The largest absolute Gasteiger partial charge is 0.342 e. The van der Waals surface area contributed by atoms with E-state index in [-0.39, 0.29) is 6.04 Å². The Morgan fingerprint density at radius 2 is 1.28 bits per heavy atom. The minimum atomic E-state index is 0.172. The third kappa shape index (κ3) is 8.81. The van der Waals surface area contributed by atoms with Crippen molar-refractivity contribution in [1.29, 1.82) is 0 Å². The Kier molecular flexibility index (Phi) is 12.2. The number of hydrogen-bond donors (Lipinski definition) is 0. The molecule has 12 rings (SSSR count). The van der Waals surface area contributed by atoms with E-state index < -0.39 is 0 Å². The average Bonchev–Trinajstić information content (AvgIpc) is 3.77. The van der Waals surface area contributed by atoms with Crippen LogP contribution in [0.1, 0.15) is 82.6 Å². The van der Waals surface area contributed by atoms with Gasteiger partial charge in [0, 0.05) is 45.2 Å². The highest BCUT2D eigenvalue weighted by molar-refractivity contribution is 6.11. The molecule has 0 spiro atoms. The molecule has 0 saturated carbocycles. The summed E-state index contributed by atoms with van der Waals surface area (Å²) in [5, 5.41) is 2.59. The number of rotatable bonds is 11. The lowest BCUT2D eigenvalue weighted by molar-refractivity contribution is 0.290. The summed E-state index contributed by atoms with van der Waals surface area (Å²) in [5.74, 6) is 1.10. The number of hydrogen-bond acceptors (Lipinski definition) is 2. The highest BCUT2D eigenvalue weighted by atomic mass is 15.2. The molecule has 0 aliphatic heterocycles. The molecular weight excluding hydrogens is 835 g/mol. The topological polar surface area (TPSA) is 11.4 Å². The Morgan fingerprint density at radius 1 is 0.478 bits per heavy atom. The third-order valence-corrected chi connectivity index (χ3v) is 15.8. The monoisotopic (exact) mass is 898 g/mol. The van der Waals surface area contributed by atoms with Crippen molar-refractivity contribution in [3.05, 3.63) is 241 Å². The van der Waals surface area contributed by atoms with Crippen molar-refractivity contribution in [2.75, 3.05) is 4.90 Å². The van der Waals surface area contributed by atoms with Crippen molar-refractivity contribution in [1.82, 2.24) is 9.47 Å². The molecule has 1 heterocycles. The van der Waals surface area contributed by atoms with Gasteiger partial charge in [-0.3, -0.25) is 0 Å². The van der Waals surface area contributed by atoms with E-state index in [0.717, 1.165) is 57.8 Å². The predicted octanol–water partition coefficient (Wildman–Crippen LogP) is 17.4. The van der Waals surface area contributed by atoms with Crippen LogP contribution in [0.5, 0.6) is 0 Å². The van der Waals surface area contributed by atoms with Gasteiger partial charge in [0.2, 0.25) is 0 Å². The number of anilines is 2. The summed E-state index contributed by atoms with van der Waals surface area (Å²) in [6, 6.07) is 47.5. The maximum atomic E-state index is 2.77. The second-order valence-electron chi connectivity index (χ2n) is 19.9. The molecular formula is C66H63N3. The van der Waals surface area contributed by atoms with Crippen molar-refractivity contribution in [3.63, 3.8) is 0 Å². The van der Waals surface area contributed by atoms with Gasteiger partial charge >= 0.3 is 0 Å². The van der Waals surface area contributed by atoms with E-state index in [4.69, 9.17) is 0 Å². The first kappa shape index (κ1) is 43.2. The van der Waals surface area contributed by atoms with Gasteiger partial charge in [0.05, 0.1) is 23.1 Å². The van der Waals surface area contributed by atoms with Gasteiger partial charge in [-0.05, 0) is 153 Å². The van der Waals surface area contributed by atoms with E-state index in [1.165, 1.54) is 97.4 Å². The van der Waals surface area contributed by atoms with Gasteiger partial charge in [0.1, 0.15) is 0 Å². The van der Waals surface area contributed by atoms with Crippen LogP contribution >= 0.6 is 0 Å². The highest BCUT2D eigenvalue weighted by Gasteiger charge is 2.31. The summed E-state index contributed by atoms with van der Waals surface area (Å²) in [6.07, 6.45) is 47.7. The lowest BCUT2D eigenvalue weighted by Crippen LogP contribution is -2.36. The van der Waals surface area contributed by atoms with Gasteiger partial charge in [0.25, 0.3) is 0 Å². The molecule has 0 radical (unpaired) electrons. The van der Waals surface area contributed by atoms with Crippen LogP contribution < -0.4 is 4.90 Å². The molecule has 1 aromatic heterocycles. The predicted molar refractivity (Wildman–Crippen MR) is 293 cm³/mol. The first-order valence-corrected chi connectivity index (χ1v) is 25.9. The second-order valence-corrected chi connectivity index (χ2v) is 19.9. The number of fused-ring (bicyclic) bond motifs is 3. The van der Waals surface area contributed by atoms with E-state index in [2.05, 4.69) is 227 Å². The van der Waals surface area contributed by atoms with Crippen LogP contribution in [-0.2, 0) is 0 Å². The molecule has 6 aliphatic rings. The molecule has 0 amide bonds. The average molecular weight is 898 g/mol. The van der Waals surface area contributed by atoms with Crippen molar-refractivity contribution < 1.29 is 0 Å². The molecule has 6 aliphatic carbocycles. The fraction of sp³-hybridized carbons (Fsp3) is 0.242. The molecule has 0 bridgehead atoms. The van der Waals surface area contributed by atoms with E-state index in [9.17, 15) is 0 Å². The molecule has 3 nitrogen and oxygen atoms in total. The Hall–Kier alpha value is -7.10. The molecule has 5 aromatic carbocycles. The van der Waals surface area contributed by atoms with E-state index in [1.54, 1.807) is 5.57 Å². The standard InChI is InChI=1S/C66H63N3/c1-5-15-48(16-6-1)51-25-35-57(36-26-51)67(58-37-27-52(28-38-58)49-17-7-2-8-18-49)59-39-31-54(32-40-59)55-33-43-61(44-34-55)68(60-41-29-53(30-42-60)50-19-9-3-10-20-50)62-45-46-64-63-23-13-14-24-65(63)69(66(64)47-62)56-21-11-4-12-22-56/h1-3,5-7,9-11,13-17,19-25,29-31,33-35,37,39,41-43,45-47,52,54,59,61H,4,8,12,18,26-28,32,36,38,40,44H2. The van der Waals surface area contributed by atoms with Crippen LogP contribution in [0, 0.1) is 11.8 Å². The van der Waals surface area contributed by atoms with Crippen LogP contribution in [0.25, 0.3) is 44.2 Å². The van der Waals surface area contributed by atoms with Gasteiger partial charge in [-0.25, -0.2) is 0 Å². The molecule has 0 N–H and O–H groups in total. The molecule has 0 fully saturated rings. The SMILES string of the molecule is C1=CCCC(C2CC=C(N(C3=CC=C(c4ccccc4)CC3)C3C=CC(C4=CCC(N(c5ccc(-c6ccccc6)cc5)c5ccc6c7ccccc7n(C7=CCCC=C7)c6c5)C=C4)CC3)CC2)=C1. The zero-order valence-electron chi connectivity index (χ0n) is 39.8. The Balaban J connectivity index is 0.832. The van der Waals surface area contributed by atoms with Crippen LogP contribution in [0.15, 0.2) is 235 Å². The third-order valence-electron chi connectivity index (χ3n) is 15.8. The summed E-state index contributed by atoms with van der Waals surface area (Å²) in [5.41, 5.74) is 17.6. The highest BCUT2D eigenvalue weighted by Crippen LogP contribution is 2.43. The van der Waals surface area contributed by atoms with Gasteiger partial charge < -0.3 is 14.4 Å². The number of nitrogens with zero attached hydrogens (tertiary/aromatic N) is 3. The van der Waals surface area contributed by atoms with E-state index in [1.807, 2.05) is 0 Å². The molecule has 3 heteroatoms.